The molecule has 2 rings (SSSR count). The molecule has 2 aromatic carbocycles. The van der Waals surface area contributed by atoms with Gasteiger partial charge in [-0.15, -0.1) is 6.58 Å². The monoisotopic (exact) mass is 214 g/mol. The second-order valence-electron chi connectivity index (χ2n) is 3.62. The van der Waals surface area contributed by atoms with E-state index in [-0.39, 0.29) is 5.75 Å². The van der Waals surface area contributed by atoms with E-state index >= 15 is 0 Å². The van der Waals surface area contributed by atoms with Crippen molar-refractivity contribution in [3.05, 3.63) is 49.1 Å². The number of hydrogen-bond donors (Lipinski definition) is 1. The van der Waals surface area contributed by atoms with Crippen molar-refractivity contribution in [2.24, 2.45) is 0 Å². The van der Waals surface area contributed by atoms with Crippen molar-refractivity contribution in [3.63, 3.8) is 0 Å². The highest BCUT2D eigenvalue weighted by Gasteiger charge is 1.98. The Morgan fingerprint density at radius 3 is 2.75 bits per heavy atom. The number of hydrogen-bond acceptors (Lipinski definition) is 2. The summed E-state index contributed by atoms with van der Waals surface area (Å²) in [5, 5.41) is 11.5. The highest BCUT2D eigenvalue weighted by molar-refractivity contribution is 5.85. The molecule has 2 heteroatoms. The Labute approximate surface area is 94.8 Å². The summed E-state index contributed by atoms with van der Waals surface area (Å²) in [6.45, 7) is 4.27. The SMILES string of the molecule is C=CCCOc1ccc2ccc(O)cc2c1. The molecule has 1 N–H and O–H groups in total. The molecule has 0 amide bonds. The van der Waals surface area contributed by atoms with Gasteiger partial charge in [0.25, 0.3) is 0 Å². The summed E-state index contributed by atoms with van der Waals surface area (Å²) in [7, 11) is 0. The highest BCUT2D eigenvalue weighted by atomic mass is 16.5. The molecule has 0 aromatic heterocycles. The predicted molar refractivity (Wildman–Crippen MR) is 65.9 cm³/mol. The van der Waals surface area contributed by atoms with Gasteiger partial charge in [-0.1, -0.05) is 18.2 Å². The highest BCUT2D eigenvalue weighted by Crippen LogP contribution is 2.24. The molecule has 16 heavy (non-hydrogen) atoms. The van der Waals surface area contributed by atoms with Gasteiger partial charge in [0.15, 0.2) is 0 Å². The zero-order chi connectivity index (χ0) is 11.4. The Bertz CT molecular complexity index is 503. The zero-order valence-corrected chi connectivity index (χ0v) is 9.02. The molecule has 2 aromatic rings. The van der Waals surface area contributed by atoms with Crippen LogP contribution in [0.2, 0.25) is 0 Å². The molecular formula is C14H14O2. The fourth-order valence-corrected chi connectivity index (χ4v) is 1.56. The van der Waals surface area contributed by atoms with Gasteiger partial charge in [0, 0.05) is 0 Å². The summed E-state index contributed by atoms with van der Waals surface area (Å²) in [6.07, 6.45) is 2.66. The molecule has 0 aliphatic heterocycles. The maximum atomic E-state index is 9.38. The lowest BCUT2D eigenvalue weighted by Crippen LogP contribution is -1.94. The van der Waals surface area contributed by atoms with E-state index in [9.17, 15) is 5.11 Å². The molecule has 0 unspecified atom stereocenters. The average Bonchev–Trinajstić information content (AvgIpc) is 2.29. The Morgan fingerprint density at radius 1 is 1.12 bits per heavy atom. The van der Waals surface area contributed by atoms with E-state index in [1.807, 2.05) is 30.3 Å². The molecular weight excluding hydrogens is 200 g/mol. The van der Waals surface area contributed by atoms with Crippen molar-refractivity contribution in [3.8, 4) is 11.5 Å². The van der Waals surface area contributed by atoms with Crippen LogP contribution in [0, 0.1) is 0 Å². The zero-order valence-electron chi connectivity index (χ0n) is 9.02. The third kappa shape index (κ3) is 2.34. The van der Waals surface area contributed by atoms with E-state index in [0.29, 0.717) is 6.61 Å². The summed E-state index contributed by atoms with van der Waals surface area (Å²) in [4.78, 5) is 0. The molecule has 0 saturated heterocycles. The van der Waals surface area contributed by atoms with E-state index in [1.165, 1.54) is 0 Å². The molecule has 0 fully saturated rings. The summed E-state index contributed by atoms with van der Waals surface area (Å²) < 4.78 is 5.54. The summed E-state index contributed by atoms with van der Waals surface area (Å²) in [5.41, 5.74) is 0. The lowest BCUT2D eigenvalue weighted by molar-refractivity contribution is 0.325. The van der Waals surface area contributed by atoms with Crippen LogP contribution in [0.3, 0.4) is 0 Å². The summed E-state index contributed by atoms with van der Waals surface area (Å²) in [6, 6.07) is 11.1. The minimum Gasteiger partial charge on any atom is -0.508 e. The number of phenolic OH excluding ortho intramolecular Hbond substituents is 1. The van der Waals surface area contributed by atoms with Gasteiger partial charge >= 0.3 is 0 Å². The Hall–Kier alpha value is -1.96. The van der Waals surface area contributed by atoms with Gasteiger partial charge in [-0.3, -0.25) is 0 Å². The van der Waals surface area contributed by atoms with Crippen LogP contribution >= 0.6 is 0 Å². The Kier molecular flexibility index (Phi) is 3.10. The van der Waals surface area contributed by atoms with Crippen LogP contribution in [0.1, 0.15) is 6.42 Å². The van der Waals surface area contributed by atoms with E-state index in [1.54, 1.807) is 12.1 Å². The van der Waals surface area contributed by atoms with Gasteiger partial charge < -0.3 is 9.84 Å². The normalized spacial score (nSPS) is 10.2. The quantitative estimate of drug-likeness (QED) is 0.623. The van der Waals surface area contributed by atoms with E-state index in [2.05, 4.69) is 6.58 Å². The van der Waals surface area contributed by atoms with Gasteiger partial charge in [0.1, 0.15) is 11.5 Å². The maximum absolute atomic E-state index is 9.38. The van der Waals surface area contributed by atoms with Crippen molar-refractivity contribution < 1.29 is 9.84 Å². The molecule has 82 valence electrons. The molecule has 0 aliphatic carbocycles. The van der Waals surface area contributed by atoms with Crippen LogP contribution in [0.4, 0.5) is 0 Å². The number of fused-ring (bicyclic) bond motifs is 1. The first kappa shape index (κ1) is 10.6. The first-order chi connectivity index (χ1) is 7.79. The van der Waals surface area contributed by atoms with Crippen LogP contribution < -0.4 is 4.74 Å². The second-order valence-corrected chi connectivity index (χ2v) is 3.62. The number of ether oxygens (including phenoxy) is 1. The molecule has 0 bridgehead atoms. The first-order valence-corrected chi connectivity index (χ1v) is 5.26. The fraction of sp³-hybridized carbons (Fsp3) is 0.143. The first-order valence-electron chi connectivity index (χ1n) is 5.26. The lowest BCUT2D eigenvalue weighted by atomic mass is 10.1. The number of rotatable bonds is 4. The van der Waals surface area contributed by atoms with Crippen molar-refractivity contribution >= 4 is 10.8 Å². The van der Waals surface area contributed by atoms with Crippen LogP contribution in [0.25, 0.3) is 10.8 Å². The maximum Gasteiger partial charge on any atom is 0.119 e. The van der Waals surface area contributed by atoms with Gasteiger partial charge in [-0.2, -0.15) is 0 Å². The van der Waals surface area contributed by atoms with Crippen molar-refractivity contribution in [2.45, 2.75) is 6.42 Å². The fourth-order valence-electron chi connectivity index (χ4n) is 1.56. The lowest BCUT2D eigenvalue weighted by Gasteiger charge is -2.06. The van der Waals surface area contributed by atoms with Crippen LogP contribution in [0.5, 0.6) is 11.5 Å². The van der Waals surface area contributed by atoms with E-state index in [4.69, 9.17) is 4.74 Å². The topological polar surface area (TPSA) is 29.5 Å². The van der Waals surface area contributed by atoms with E-state index < -0.39 is 0 Å². The van der Waals surface area contributed by atoms with E-state index in [0.717, 1.165) is 22.9 Å². The van der Waals surface area contributed by atoms with Crippen molar-refractivity contribution in [1.29, 1.82) is 0 Å². The van der Waals surface area contributed by atoms with Crippen LogP contribution in [0.15, 0.2) is 49.1 Å². The largest absolute Gasteiger partial charge is 0.508 e. The van der Waals surface area contributed by atoms with Gasteiger partial charge in [0.05, 0.1) is 6.61 Å². The standard InChI is InChI=1S/C14H14O2/c1-2-3-8-16-14-7-5-11-4-6-13(15)9-12(11)10-14/h2,4-7,9-10,15H,1,3,8H2. The number of benzene rings is 2. The van der Waals surface area contributed by atoms with Crippen molar-refractivity contribution in [1.82, 2.24) is 0 Å². The third-order valence-electron chi connectivity index (χ3n) is 2.39. The van der Waals surface area contributed by atoms with Gasteiger partial charge in [-0.05, 0) is 41.5 Å². The van der Waals surface area contributed by atoms with Crippen LogP contribution in [-0.2, 0) is 0 Å². The molecule has 0 radical (unpaired) electrons. The van der Waals surface area contributed by atoms with Gasteiger partial charge in [-0.25, -0.2) is 0 Å². The van der Waals surface area contributed by atoms with Gasteiger partial charge in [0.2, 0.25) is 0 Å². The third-order valence-corrected chi connectivity index (χ3v) is 2.39. The minimum absolute atomic E-state index is 0.274. The van der Waals surface area contributed by atoms with Crippen molar-refractivity contribution in [2.75, 3.05) is 6.61 Å². The molecule has 0 spiro atoms. The molecule has 0 heterocycles. The summed E-state index contributed by atoms with van der Waals surface area (Å²) >= 11 is 0. The summed E-state index contributed by atoms with van der Waals surface area (Å²) in [5.74, 6) is 1.09. The molecule has 0 atom stereocenters. The molecule has 0 aliphatic rings. The molecule has 2 nitrogen and oxygen atoms in total. The average molecular weight is 214 g/mol. The molecule has 0 saturated carbocycles. The number of aromatic hydroxyl groups is 1. The number of phenols is 1. The Morgan fingerprint density at radius 2 is 1.94 bits per heavy atom. The minimum atomic E-state index is 0.274. The van der Waals surface area contributed by atoms with Crippen LogP contribution in [-0.4, -0.2) is 11.7 Å². The smallest absolute Gasteiger partial charge is 0.119 e. The second kappa shape index (κ2) is 4.71. The Balaban J connectivity index is 2.24. The predicted octanol–water partition coefficient (Wildman–Crippen LogP) is 3.50.